The van der Waals surface area contributed by atoms with Crippen LogP contribution in [-0.4, -0.2) is 5.76 Å². The molecule has 0 fully saturated rings. The number of halogens is 2. The van der Waals surface area contributed by atoms with Crippen LogP contribution in [0, 0.1) is 6.92 Å². The highest BCUT2D eigenvalue weighted by molar-refractivity contribution is 7.99. The van der Waals surface area contributed by atoms with Crippen LogP contribution in [0.25, 0.3) is 0 Å². The van der Waals surface area contributed by atoms with Crippen LogP contribution in [0.15, 0.2) is 45.7 Å². The Kier molecular flexibility index (Phi) is 4.47. The Morgan fingerprint density at radius 1 is 1.11 bits per heavy atom. The third kappa shape index (κ3) is 3.99. The van der Waals surface area contributed by atoms with Gasteiger partial charge in [0.05, 0.1) is 6.04 Å². The predicted octanol–water partition coefficient (Wildman–Crippen LogP) is 5.08. The SMILES string of the molecule is Cc1ccc(C(C)Nc2ccc(SC(F)F)cc2)o1. The van der Waals surface area contributed by atoms with E-state index < -0.39 is 5.76 Å². The second kappa shape index (κ2) is 6.10. The van der Waals surface area contributed by atoms with Crippen LogP contribution in [0.5, 0.6) is 0 Å². The molecule has 0 bridgehead atoms. The summed E-state index contributed by atoms with van der Waals surface area (Å²) in [4.78, 5) is 0.557. The number of furan rings is 1. The Balaban J connectivity index is 1.99. The molecule has 2 rings (SSSR count). The maximum atomic E-state index is 12.2. The fraction of sp³-hybridized carbons (Fsp3) is 0.286. The second-order valence-electron chi connectivity index (χ2n) is 4.22. The van der Waals surface area contributed by atoms with E-state index in [0.717, 1.165) is 17.2 Å². The third-order valence-corrected chi connectivity index (χ3v) is 3.37. The number of thioether (sulfide) groups is 1. The molecule has 0 aliphatic rings. The van der Waals surface area contributed by atoms with Crippen molar-refractivity contribution in [1.29, 1.82) is 0 Å². The zero-order chi connectivity index (χ0) is 13.8. The van der Waals surface area contributed by atoms with Crippen molar-refractivity contribution >= 4 is 17.4 Å². The highest BCUT2D eigenvalue weighted by atomic mass is 32.2. The standard InChI is InChI=1S/C14H15F2NOS/c1-9-3-8-13(18-9)10(2)17-11-4-6-12(7-5-11)19-14(15)16/h3-8,10,14,17H,1-2H3. The van der Waals surface area contributed by atoms with E-state index in [4.69, 9.17) is 4.42 Å². The summed E-state index contributed by atoms with van der Waals surface area (Å²) in [5.74, 6) is -0.667. The summed E-state index contributed by atoms with van der Waals surface area (Å²) in [6.45, 7) is 3.88. The van der Waals surface area contributed by atoms with Crippen molar-refractivity contribution < 1.29 is 13.2 Å². The molecule has 1 N–H and O–H groups in total. The molecule has 0 aliphatic carbocycles. The molecular formula is C14H15F2NOS. The van der Waals surface area contributed by atoms with E-state index >= 15 is 0 Å². The first-order valence-corrected chi connectivity index (χ1v) is 6.80. The number of hydrogen-bond acceptors (Lipinski definition) is 3. The van der Waals surface area contributed by atoms with Gasteiger partial charge in [-0.05, 0) is 50.2 Å². The fourth-order valence-corrected chi connectivity index (χ4v) is 2.24. The molecule has 1 aromatic carbocycles. The van der Waals surface area contributed by atoms with Gasteiger partial charge in [0, 0.05) is 10.6 Å². The molecule has 1 aromatic heterocycles. The maximum absolute atomic E-state index is 12.2. The first kappa shape index (κ1) is 13.9. The van der Waals surface area contributed by atoms with Gasteiger partial charge in [-0.25, -0.2) is 0 Å². The summed E-state index contributed by atoms with van der Waals surface area (Å²) in [6, 6.07) is 10.8. The summed E-state index contributed by atoms with van der Waals surface area (Å²) in [7, 11) is 0. The molecule has 1 atom stereocenters. The molecule has 0 amide bonds. The monoisotopic (exact) mass is 283 g/mol. The van der Waals surface area contributed by atoms with Gasteiger partial charge in [-0.2, -0.15) is 8.78 Å². The number of rotatable bonds is 5. The van der Waals surface area contributed by atoms with E-state index in [1.54, 1.807) is 24.3 Å². The number of alkyl halides is 2. The first-order chi connectivity index (χ1) is 9.04. The lowest BCUT2D eigenvalue weighted by Gasteiger charge is -2.13. The number of benzene rings is 1. The molecule has 0 saturated heterocycles. The van der Waals surface area contributed by atoms with Gasteiger partial charge in [0.25, 0.3) is 5.76 Å². The minimum absolute atomic E-state index is 0.0299. The largest absolute Gasteiger partial charge is 0.464 e. The van der Waals surface area contributed by atoms with Crippen LogP contribution in [0.2, 0.25) is 0 Å². The third-order valence-electron chi connectivity index (χ3n) is 2.65. The molecule has 1 heterocycles. The van der Waals surface area contributed by atoms with Crippen LogP contribution >= 0.6 is 11.8 Å². The molecule has 2 aromatic rings. The molecule has 0 saturated carbocycles. The normalized spacial score (nSPS) is 12.7. The highest BCUT2D eigenvalue weighted by Gasteiger charge is 2.10. The molecule has 102 valence electrons. The minimum Gasteiger partial charge on any atom is -0.464 e. The molecule has 0 spiro atoms. The summed E-state index contributed by atoms with van der Waals surface area (Å²) >= 11 is 0.546. The van der Waals surface area contributed by atoms with Crippen molar-refractivity contribution in [2.24, 2.45) is 0 Å². The number of hydrogen-bond donors (Lipinski definition) is 1. The highest BCUT2D eigenvalue weighted by Crippen LogP contribution is 2.27. The lowest BCUT2D eigenvalue weighted by Crippen LogP contribution is -2.05. The Morgan fingerprint density at radius 3 is 2.32 bits per heavy atom. The zero-order valence-electron chi connectivity index (χ0n) is 10.7. The van der Waals surface area contributed by atoms with Crippen LogP contribution in [0.3, 0.4) is 0 Å². The van der Waals surface area contributed by atoms with Crippen molar-refractivity contribution in [2.75, 3.05) is 5.32 Å². The molecule has 1 unspecified atom stereocenters. The predicted molar refractivity (Wildman–Crippen MR) is 73.8 cm³/mol. The van der Waals surface area contributed by atoms with Crippen LogP contribution in [-0.2, 0) is 0 Å². The zero-order valence-corrected chi connectivity index (χ0v) is 11.5. The van der Waals surface area contributed by atoms with Crippen LogP contribution in [0.1, 0.15) is 24.5 Å². The second-order valence-corrected chi connectivity index (χ2v) is 5.28. The fourth-order valence-electron chi connectivity index (χ4n) is 1.74. The average molecular weight is 283 g/mol. The van der Waals surface area contributed by atoms with E-state index in [9.17, 15) is 8.78 Å². The maximum Gasteiger partial charge on any atom is 0.288 e. The van der Waals surface area contributed by atoms with E-state index in [1.807, 2.05) is 26.0 Å². The molecular weight excluding hydrogens is 268 g/mol. The van der Waals surface area contributed by atoms with Crippen molar-refractivity contribution in [3.63, 3.8) is 0 Å². The average Bonchev–Trinajstić information content (AvgIpc) is 2.78. The lowest BCUT2D eigenvalue weighted by molar-refractivity contribution is 0.252. The van der Waals surface area contributed by atoms with Gasteiger partial charge in [0.2, 0.25) is 0 Å². The number of anilines is 1. The minimum atomic E-state index is -2.39. The number of aryl methyl sites for hydroxylation is 1. The van der Waals surface area contributed by atoms with Gasteiger partial charge in [-0.1, -0.05) is 11.8 Å². The molecule has 19 heavy (non-hydrogen) atoms. The van der Waals surface area contributed by atoms with Gasteiger partial charge in [-0.15, -0.1) is 0 Å². The van der Waals surface area contributed by atoms with Crippen molar-refractivity contribution in [1.82, 2.24) is 0 Å². The molecule has 2 nitrogen and oxygen atoms in total. The van der Waals surface area contributed by atoms with Gasteiger partial charge >= 0.3 is 0 Å². The van der Waals surface area contributed by atoms with Crippen molar-refractivity contribution in [3.8, 4) is 0 Å². The quantitative estimate of drug-likeness (QED) is 0.775. The van der Waals surface area contributed by atoms with Crippen molar-refractivity contribution in [3.05, 3.63) is 47.9 Å². The smallest absolute Gasteiger partial charge is 0.288 e. The van der Waals surface area contributed by atoms with Crippen LogP contribution < -0.4 is 5.32 Å². The van der Waals surface area contributed by atoms with Gasteiger partial charge in [0.15, 0.2) is 0 Å². The van der Waals surface area contributed by atoms with E-state index in [1.165, 1.54) is 0 Å². The summed E-state index contributed by atoms with van der Waals surface area (Å²) in [5.41, 5.74) is 0.875. The topological polar surface area (TPSA) is 25.2 Å². The Morgan fingerprint density at radius 2 is 1.79 bits per heavy atom. The van der Waals surface area contributed by atoms with Gasteiger partial charge in [-0.3, -0.25) is 0 Å². The summed E-state index contributed by atoms with van der Waals surface area (Å²) < 4.78 is 29.9. The van der Waals surface area contributed by atoms with E-state index in [-0.39, 0.29) is 6.04 Å². The van der Waals surface area contributed by atoms with E-state index in [0.29, 0.717) is 16.7 Å². The summed E-state index contributed by atoms with van der Waals surface area (Å²) in [6.07, 6.45) is 0. The first-order valence-electron chi connectivity index (χ1n) is 5.92. The number of nitrogens with one attached hydrogen (secondary N) is 1. The molecule has 5 heteroatoms. The lowest BCUT2D eigenvalue weighted by atomic mass is 10.2. The van der Waals surface area contributed by atoms with Crippen molar-refractivity contribution in [2.45, 2.75) is 30.5 Å². The van der Waals surface area contributed by atoms with Gasteiger partial charge < -0.3 is 9.73 Å². The van der Waals surface area contributed by atoms with E-state index in [2.05, 4.69) is 5.32 Å². The Bertz CT molecular complexity index is 524. The Hall–Kier alpha value is -1.49. The van der Waals surface area contributed by atoms with Gasteiger partial charge in [0.1, 0.15) is 11.5 Å². The molecule has 0 radical (unpaired) electrons. The Labute approximate surface area is 115 Å². The summed E-state index contributed by atoms with van der Waals surface area (Å²) in [5, 5.41) is 3.26. The van der Waals surface area contributed by atoms with Crippen LogP contribution in [0.4, 0.5) is 14.5 Å². The molecule has 0 aliphatic heterocycles.